The smallest absolute Gasteiger partial charge is 0.338 e. The Kier molecular flexibility index (Phi) is 9.74. The van der Waals surface area contributed by atoms with E-state index in [2.05, 4.69) is 10.6 Å². The summed E-state index contributed by atoms with van der Waals surface area (Å²) in [5, 5.41) is 5.68. The number of carbonyl (C=O) groups is 3. The minimum Gasteiger partial charge on any atom is -0.497 e. The molecule has 2 N–H and O–H groups in total. The molecule has 0 radical (unpaired) electrons. The molecule has 0 spiro atoms. The maximum Gasteiger partial charge on any atom is 0.338 e. The van der Waals surface area contributed by atoms with Gasteiger partial charge in [0.25, 0.3) is 5.91 Å². The van der Waals surface area contributed by atoms with E-state index in [1.54, 1.807) is 61.7 Å². The summed E-state index contributed by atoms with van der Waals surface area (Å²) < 4.78 is 10.3. The van der Waals surface area contributed by atoms with Crippen LogP contribution < -0.4 is 15.4 Å². The van der Waals surface area contributed by atoms with Crippen LogP contribution in [0.15, 0.2) is 77.7 Å². The van der Waals surface area contributed by atoms with E-state index in [-0.39, 0.29) is 23.5 Å². The molecule has 0 heterocycles. The first kappa shape index (κ1) is 25.8. The van der Waals surface area contributed by atoms with Gasteiger partial charge in [-0.25, -0.2) is 4.79 Å². The molecule has 35 heavy (non-hydrogen) atoms. The van der Waals surface area contributed by atoms with Crippen molar-refractivity contribution in [3.8, 4) is 5.75 Å². The van der Waals surface area contributed by atoms with E-state index in [1.807, 2.05) is 25.1 Å². The number of amides is 2. The number of unbranched alkanes of at least 4 members (excludes halogenated alkanes) is 1. The van der Waals surface area contributed by atoms with E-state index in [0.29, 0.717) is 34.9 Å². The van der Waals surface area contributed by atoms with Crippen LogP contribution in [-0.4, -0.2) is 37.3 Å². The fourth-order valence-electron chi connectivity index (χ4n) is 3.06. The molecule has 0 aliphatic rings. The summed E-state index contributed by atoms with van der Waals surface area (Å²) in [6.45, 7) is 2.43. The fraction of sp³-hybridized carbons (Fsp3) is 0.222. The molecule has 0 aromatic heterocycles. The van der Waals surface area contributed by atoms with E-state index < -0.39 is 0 Å². The van der Waals surface area contributed by atoms with Crippen molar-refractivity contribution in [2.24, 2.45) is 0 Å². The van der Waals surface area contributed by atoms with Crippen molar-refractivity contribution in [2.75, 3.05) is 30.1 Å². The summed E-state index contributed by atoms with van der Waals surface area (Å²) in [4.78, 5) is 37.7. The quantitative estimate of drug-likeness (QED) is 0.205. The highest BCUT2D eigenvalue weighted by atomic mass is 32.2. The maximum atomic E-state index is 12.5. The van der Waals surface area contributed by atoms with E-state index >= 15 is 0 Å². The van der Waals surface area contributed by atoms with Crippen molar-refractivity contribution in [1.29, 1.82) is 0 Å². The molecule has 0 aliphatic carbocycles. The highest BCUT2D eigenvalue weighted by Crippen LogP contribution is 2.23. The normalized spacial score (nSPS) is 10.3. The molecule has 0 unspecified atom stereocenters. The Labute approximate surface area is 209 Å². The average molecular weight is 493 g/mol. The molecule has 0 atom stereocenters. The molecule has 0 bridgehead atoms. The summed E-state index contributed by atoms with van der Waals surface area (Å²) >= 11 is 1.35. The van der Waals surface area contributed by atoms with Crippen molar-refractivity contribution in [1.82, 2.24) is 0 Å². The summed E-state index contributed by atoms with van der Waals surface area (Å²) in [5.74, 6) is -0.00554. The highest BCUT2D eigenvalue weighted by molar-refractivity contribution is 8.00. The van der Waals surface area contributed by atoms with Gasteiger partial charge in [-0.15, -0.1) is 11.8 Å². The van der Waals surface area contributed by atoms with Crippen molar-refractivity contribution in [2.45, 2.75) is 24.7 Å². The predicted molar refractivity (Wildman–Crippen MR) is 138 cm³/mol. The summed E-state index contributed by atoms with van der Waals surface area (Å²) in [7, 11) is 1.55. The molecule has 0 saturated carbocycles. The number of anilines is 2. The zero-order chi connectivity index (χ0) is 25.0. The van der Waals surface area contributed by atoms with Gasteiger partial charge in [-0.2, -0.15) is 0 Å². The number of benzene rings is 3. The van der Waals surface area contributed by atoms with Crippen molar-refractivity contribution >= 4 is 40.9 Å². The molecule has 2 amide bonds. The predicted octanol–water partition coefficient (Wildman–Crippen LogP) is 5.64. The molecule has 3 aromatic carbocycles. The topological polar surface area (TPSA) is 93.7 Å². The third-order valence-electron chi connectivity index (χ3n) is 4.93. The number of hydrogen-bond acceptors (Lipinski definition) is 6. The van der Waals surface area contributed by atoms with E-state index in [1.165, 1.54) is 11.8 Å². The van der Waals surface area contributed by atoms with E-state index in [0.717, 1.165) is 17.7 Å². The number of esters is 1. The van der Waals surface area contributed by atoms with Gasteiger partial charge < -0.3 is 20.1 Å². The molecule has 7 nitrogen and oxygen atoms in total. The SMILES string of the molecule is CCCCOC(=O)c1ccc(NC(=O)CSc2cccc(NC(=O)c3cccc(OC)c3)c2)cc1. The van der Waals surface area contributed by atoms with Gasteiger partial charge in [0.1, 0.15) is 5.75 Å². The van der Waals surface area contributed by atoms with Gasteiger partial charge in [0, 0.05) is 21.8 Å². The Hall–Kier alpha value is -3.78. The molecule has 8 heteroatoms. The summed E-state index contributed by atoms with van der Waals surface area (Å²) in [6, 6.07) is 20.8. The zero-order valence-corrected chi connectivity index (χ0v) is 20.5. The monoisotopic (exact) mass is 492 g/mol. The lowest BCUT2D eigenvalue weighted by atomic mass is 10.2. The lowest BCUT2D eigenvalue weighted by Crippen LogP contribution is -2.14. The number of ether oxygens (including phenoxy) is 2. The van der Waals surface area contributed by atoms with Crippen molar-refractivity contribution in [3.63, 3.8) is 0 Å². The molecule has 3 rings (SSSR count). The largest absolute Gasteiger partial charge is 0.497 e. The number of rotatable bonds is 11. The summed E-state index contributed by atoms with van der Waals surface area (Å²) in [6.07, 6.45) is 1.79. The highest BCUT2D eigenvalue weighted by Gasteiger charge is 2.10. The van der Waals surface area contributed by atoms with Crippen LogP contribution in [0.4, 0.5) is 11.4 Å². The Morgan fingerprint density at radius 3 is 2.37 bits per heavy atom. The van der Waals surface area contributed by atoms with Crippen LogP contribution in [0, 0.1) is 0 Å². The number of thioether (sulfide) groups is 1. The van der Waals surface area contributed by atoms with Gasteiger partial charge in [-0.1, -0.05) is 25.5 Å². The molecule has 0 fully saturated rings. The van der Waals surface area contributed by atoms with Gasteiger partial charge >= 0.3 is 5.97 Å². The first-order chi connectivity index (χ1) is 17.0. The minimum atomic E-state index is -0.370. The van der Waals surface area contributed by atoms with Crippen molar-refractivity contribution in [3.05, 3.63) is 83.9 Å². The second-order valence-corrected chi connectivity index (χ2v) is 8.67. The van der Waals surface area contributed by atoms with Crippen LogP contribution in [0.25, 0.3) is 0 Å². The summed E-state index contributed by atoms with van der Waals surface area (Å²) in [5.41, 5.74) is 2.16. The fourth-order valence-corrected chi connectivity index (χ4v) is 3.81. The van der Waals surface area contributed by atoms with Crippen LogP contribution in [0.1, 0.15) is 40.5 Å². The second-order valence-electron chi connectivity index (χ2n) is 7.62. The standard InChI is InChI=1S/C27H28N2O5S/c1-3-4-15-34-27(32)19-11-13-21(14-12-19)28-25(30)18-35-24-10-6-8-22(17-24)29-26(31)20-7-5-9-23(16-20)33-2/h5-14,16-17H,3-4,15,18H2,1-2H3,(H,28,30)(H,29,31). The number of carbonyl (C=O) groups excluding carboxylic acids is 3. The van der Waals surface area contributed by atoms with Crippen LogP contribution in [-0.2, 0) is 9.53 Å². The lowest BCUT2D eigenvalue weighted by molar-refractivity contribution is -0.113. The van der Waals surface area contributed by atoms with E-state index in [4.69, 9.17) is 9.47 Å². The maximum absolute atomic E-state index is 12.5. The Balaban J connectivity index is 1.50. The Morgan fingerprint density at radius 1 is 0.857 bits per heavy atom. The first-order valence-corrected chi connectivity index (χ1v) is 12.2. The van der Waals surface area contributed by atoms with Crippen LogP contribution in [0.3, 0.4) is 0 Å². The Morgan fingerprint density at radius 2 is 1.63 bits per heavy atom. The molecular weight excluding hydrogens is 464 g/mol. The third-order valence-corrected chi connectivity index (χ3v) is 5.92. The lowest BCUT2D eigenvalue weighted by Gasteiger charge is -2.09. The molecule has 3 aromatic rings. The van der Waals surface area contributed by atoms with Gasteiger partial charge in [-0.05, 0) is 67.1 Å². The minimum absolute atomic E-state index is 0.181. The van der Waals surface area contributed by atoms with Crippen LogP contribution >= 0.6 is 11.8 Å². The number of hydrogen-bond donors (Lipinski definition) is 2. The second kappa shape index (κ2) is 13.2. The number of methoxy groups -OCH3 is 1. The van der Waals surface area contributed by atoms with Crippen molar-refractivity contribution < 1.29 is 23.9 Å². The van der Waals surface area contributed by atoms with E-state index in [9.17, 15) is 14.4 Å². The van der Waals surface area contributed by atoms with Gasteiger partial charge in [-0.3, -0.25) is 9.59 Å². The Bertz CT molecular complexity index is 1160. The molecule has 182 valence electrons. The first-order valence-electron chi connectivity index (χ1n) is 11.2. The average Bonchev–Trinajstić information content (AvgIpc) is 2.88. The van der Waals surface area contributed by atoms with Crippen LogP contribution in [0.2, 0.25) is 0 Å². The van der Waals surface area contributed by atoms with Gasteiger partial charge in [0.15, 0.2) is 0 Å². The number of nitrogens with one attached hydrogen (secondary N) is 2. The third kappa shape index (κ3) is 8.19. The van der Waals surface area contributed by atoms with Gasteiger partial charge in [0.2, 0.25) is 5.91 Å². The van der Waals surface area contributed by atoms with Gasteiger partial charge in [0.05, 0.1) is 25.0 Å². The molecule has 0 saturated heterocycles. The van der Waals surface area contributed by atoms with Crippen LogP contribution in [0.5, 0.6) is 5.75 Å². The zero-order valence-electron chi connectivity index (χ0n) is 19.7. The molecule has 0 aliphatic heterocycles. The molecular formula is C27H28N2O5S.